The minimum absolute atomic E-state index is 0.304. The number of thiazole rings is 1. The van der Waals surface area contributed by atoms with Crippen molar-refractivity contribution in [2.24, 2.45) is 0 Å². The highest BCUT2D eigenvalue weighted by molar-refractivity contribution is 7.13. The topological polar surface area (TPSA) is 59.4 Å². The van der Waals surface area contributed by atoms with Gasteiger partial charge in [-0.1, -0.05) is 45.9 Å². The van der Waals surface area contributed by atoms with Crippen LogP contribution in [-0.2, 0) is 6.42 Å². The number of hydrogen-bond donors (Lipinski definition) is 1. The fourth-order valence-corrected chi connectivity index (χ4v) is 2.56. The molecule has 0 bridgehead atoms. The molecule has 0 saturated carbocycles. The van der Waals surface area contributed by atoms with Gasteiger partial charge in [-0.05, 0) is 13.0 Å². The maximum absolute atomic E-state index is 11.1. The van der Waals surface area contributed by atoms with Crippen molar-refractivity contribution in [2.45, 2.75) is 41.0 Å². The Labute approximate surface area is 136 Å². The fraction of sp³-hybridized carbons (Fsp3) is 0.412. The molecule has 0 aliphatic heterocycles. The third kappa shape index (κ3) is 5.48. The zero-order valence-corrected chi connectivity index (χ0v) is 15.0. The van der Waals surface area contributed by atoms with E-state index in [1.165, 1.54) is 11.3 Å². The number of hydrogen-bond acceptors (Lipinski definition) is 4. The van der Waals surface area contributed by atoms with Gasteiger partial charge < -0.3 is 9.84 Å². The molecule has 0 aliphatic rings. The molecule has 22 heavy (non-hydrogen) atoms. The Morgan fingerprint density at radius 3 is 2.36 bits per heavy atom. The molecule has 0 radical (unpaired) electrons. The summed E-state index contributed by atoms with van der Waals surface area (Å²) >= 11 is 1.20. The zero-order chi connectivity index (χ0) is 17.1. The fourth-order valence-electron chi connectivity index (χ4n) is 1.79. The molecule has 1 N–H and O–H groups in total. The highest BCUT2D eigenvalue weighted by Gasteiger charge is 2.17. The second-order valence-electron chi connectivity index (χ2n) is 3.80. The first-order valence-corrected chi connectivity index (χ1v) is 8.25. The van der Waals surface area contributed by atoms with Gasteiger partial charge in [0.1, 0.15) is 10.6 Å². The van der Waals surface area contributed by atoms with Crippen LogP contribution in [0.2, 0.25) is 0 Å². The second-order valence-corrected chi connectivity index (χ2v) is 5.01. The van der Waals surface area contributed by atoms with Gasteiger partial charge in [-0.15, -0.1) is 11.3 Å². The summed E-state index contributed by atoms with van der Waals surface area (Å²) < 4.78 is 5.25. The maximum atomic E-state index is 11.1. The number of methoxy groups -OCH3 is 1. The minimum Gasteiger partial charge on any atom is -0.496 e. The van der Waals surface area contributed by atoms with Gasteiger partial charge in [-0.2, -0.15) is 0 Å². The summed E-state index contributed by atoms with van der Waals surface area (Å²) in [5, 5.41) is 9.88. The quantitative estimate of drug-likeness (QED) is 0.878. The largest absolute Gasteiger partial charge is 0.496 e. The van der Waals surface area contributed by atoms with Crippen LogP contribution in [0.1, 0.15) is 53.6 Å². The lowest BCUT2D eigenvalue weighted by Crippen LogP contribution is -2.01. The normalized spacial score (nSPS) is 9.00. The number of aromatic carboxylic acids is 1. The molecule has 0 amide bonds. The van der Waals surface area contributed by atoms with Gasteiger partial charge in [0.15, 0.2) is 0 Å². The molecule has 1 heterocycles. The average molecular weight is 323 g/mol. The van der Waals surface area contributed by atoms with Crippen molar-refractivity contribution < 1.29 is 14.6 Å². The predicted molar refractivity (Wildman–Crippen MR) is 92.3 cm³/mol. The first kappa shape index (κ1) is 20.1. The molecule has 0 atom stereocenters. The summed E-state index contributed by atoms with van der Waals surface area (Å²) in [6.07, 6.45) is 0.468. The standard InChI is InChI=1S/C13H13NO3S.2C2H6/c1-8-14-10(12(18-8)13(15)16)7-9-5-3-4-6-11(9)17-2;2*1-2/h3-6H,7H2,1-2H3,(H,15,16);2*1-2H3. The molecule has 1 aromatic heterocycles. The van der Waals surface area contributed by atoms with Gasteiger partial charge in [0.25, 0.3) is 0 Å². The Bertz CT molecular complexity index is 579. The third-order valence-corrected chi connectivity index (χ3v) is 3.55. The van der Waals surface area contributed by atoms with E-state index in [9.17, 15) is 4.79 Å². The number of carbonyl (C=O) groups is 1. The second kappa shape index (κ2) is 10.8. The molecule has 0 aliphatic carbocycles. The van der Waals surface area contributed by atoms with Crippen molar-refractivity contribution in [1.82, 2.24) is 4.98 Å². The summed E-state index contributed by atoms with van der Waals surface area (Å²) in [5.74, 6) is -0.176. The minimum atomic E-state index is -0.925. The molecule has 0 saturated heterocycles. The molecule has 5 heteroatoms. The van der Waals surface area contributed by atoms with Crippen molar-refractivity contribution in [3.63, 3.8) is 0 Å². The summed E-state index contributed by atoms with van der Waals surface area (Å²) in [6, 6.07) is 7.55. The van der Waals surface area contributed by atoms with Crippen LogP contribution < -0.4 is 4.74 Å². The molecule has 0 unspecified atom stereocenters. The number of carboxylic acid groups (broad SMARTS) is 1. The van der Waals surface area contributed by atoms with E-state index in [4.69, 9.17) is 9.84 Å². The summed E-state index contributed by atoms with van der Waals surface area (Å²) in [7, 11) is 1.60. The Morgan fingerprint density at radius 1 is 1.23 bits per heavy atom. The highest BCUT2D eigenvalue weighted by Crippen LogP contribution is 2.25. The Morgan fingerprint density at radius 2 is 1.82 bits per heavy atom. The predicted octanol–water partition coefficient (Wildman–Crippen LogP) is 4.80. The van der Waals surface area contributed by atoms with E-state index < -0.39 is 5.97 Å². The molecule has 1 aromatic carbocycles. The van der Waals surface area contributed by atoms with Crippen LogP contribution in [0.4, 0.5) is 0 Å². The average Bonchev–Trinajstić information content (AvgIpc) is 2.92. The van der Waals surface area contributed by atoms with E-state index in [0.29, 0.717) is 17.0 Å². The summed E-state index contributed by atoms with van der Waals surface area (Å²) in [5.41, 5.74) is 1.53. The lowest BCUT2D eigenvalue weighted by atomic mass is 10.1. The van der Waals surface area contributed by atoms with Crippen molar-refractivity contribution >= 4 is 17.3 Å². The van der Waals surface area contributed by atoms with Crippen LogP contribution in [0.25, 0.3) is 0 Å². The number of para-hydroxylation sites is 1. The van der Waals surface area contributed by atoms with E-state index in [0.717, 1.165) is 16.3 Å². The van der Waals surface area contributed by atoms with Crippen molar-refractivity contribution in [2.75, 3.05) is 7.11 Å². The Balaban J connectivity index is 0.00000102. The van der Waals surface area contributed by atoms with Gasteiger partial charge >= 0.3 is 5.97 Å². The SMILES string of the molecule is CC.CC.COc1ccccc1Cc1nc(C)sc1C(=O)O. The lowest BCUT2D eigenvalue weighted by Gasteiger charge is -2.06. The molecular weight excluding hydrogens is 298 g/mol. The number of ether oxygens (including phenoxy) is 1. The van der Waals surface area contributed by atoms with Gasteiger partial charge in [0.2, 0.25) is 0 Å². The van der Waals surface area contributed by atoms with Crippen LogP contribution in [0, 0.1) is 6.92 Å². The molecule has 0 spiro atoms. The zero-order valence-electron chi connectivity index (χ0n) is 14.1. The molecule has 2 aromatic rings. The number of rotatable bonds is 4. The lowest BCUT2D eigenvalue weighted by molar-refractivity contribution is 0.0701. The number of carboxylic acids is 1. The Kier molecular flexibility index (Phi) is 9.87. The number of aromatic nitrogens is 1. The van der Waals surface area contributed by atoms with Gasteiger partial charge in [0, 0.05) is 12.0 Å². The van der Waals surface area contributed by atoms with E-state index in [-0.39, 0.29) is 0 Å². The van der Waals surface area contributed by atoms with E-state index in [1.54, 1.807) is 7.11 Å². The summed E-state index contributed by atoms with van der Waals surface area (Å²) in [4.78, 5) is 15.7. The van der Waals surface area contributed by atoms with Gasteiger partial charge in [0.05, 0.1) is 17.8 Å². The van der Waals surface area contributed by atoms with E-state index in [1.807, 2.05) is 58.9 Å². The molecule has 122 valence electrons. The third-order valence-electron chi connectivity index (χ3n) is 2.55. The van der Waals surface area contributed by atoms with Gasteiger partial charge in [-0.3, -0.25) is 0 Å². The van der Waals surface area contributed by atoms with Crippen LogP contribution in [0.15, 0.2) is 24.3 Å². The number of aryl methyl sites for hydroxylation is 1. The first-order chi connectivity index (χ1) is 10.6. The van der Waals surface area contributed by atoms with Crippen LogP contribution in [0.5, 0.6) is 5.75 Å². The smallest absolute Gasteiger partial charge is 0.347 e. The molecule has 0 fully saturated rings. The van der Waals surface area contributed by atoms with Crippen molar-refractivity contribution in [1.29, 1.82) is 0 Å². The number of nitrogens with zero attached hydrogens (tertiary/aromatic N) is 1. The molecule has 4 nitrogen and oxygen atoms in total. The van der Waals surface area contributed by atoms with Crippen LogP contribution >= 0.6 is 11.3 Å². The van der Waals surface area contributed by atoms with Crippen LogP contribution in [-0.4, -0.2) is 23.2 Å². The molecule has 2 rings (SSSR count). The van der Waals surface area contributed by atoms with Crippen molar-refractivity contribution in [3.05, 3.63) is 45.4 Å². The Hall–Kier alpha value is -1.88. The van der Waals surface area contributed by atoms with Gasteiger partial charge in [-0.25, -0.2) is 9.78 Å². The summed E-state index contributed by atoms with van der Waals surface area (Å²) in [6.45, 7) is 9.81. The van der Waals surface area contributed by atoms with E-state index in [2.05, 4.69) is 4.98 Å². The highest BCUT2D eigenvalue weighted by atomic mass is 32.1. The van der Waals surface area contributed by atoms with E-state index >= 15 is 0 Å². The van der Waals surface area contributed by atoms with Crippen molar-refractivity contribution in [3.8, 4) is 5.75 Å². The number of benzene rings is 1. The first-order valence-electron chi connectivity index (χ1n) is 7.43. The molecular formula is C17H25NO3S. The maximum Gasteiger partial charge on any atom is 0.347 e. The monoisotopic (exact) mass is 323 g/mol. The van der Waals surface area contributed by atoms with Crippen LogP contribution in [0.3, 0.4) is 0 Å².